The molecule has 0 fully saturated rings. The second-order valence-corrected chi connectivity index (χ2v) is 23.3. The summed E-state index contributed by atoms with van der Waals surface area (Å²) >= 11 is 0. The topological polar surface area (TPSA) is 71.0 Å². The molecule has 0 saturated heterocycles. The normalized spacial score (nSPS) is 13.1. The third-order valence-corrected chi connectivity index (χ3v) is 14.4. The second-order valence-electron chi connectivity index (χ2n) is 21.1. The van der Waals surface area contributed by atoms with Crippen molar-refractivity contribution < 1.29 is 25.8 Å². The van der Waals surface area contributed by atoms with E-state index >= 15 is 0 Å². The van der Waals surface area contributed by atoms with E-state index in [4.69, 9.17) is 25.8 Å². The predicted octanol–water partition coefficient (Wildman–Crippen LogP) is 16.5. The molecule has 0 amide bonds. The first kappa shape index (κ1) is 45.1. The molecule has 0 radical (unpaired) electrons. The molecule has 6 nitrogen and oxygen atoms in total. The summed E-state index contributed by atoms with van der Waals surface area (Å²) in [7, 11) is -3.62. The Morgan fingerprint density at radius 1 is 0.373 bits per heavy atom. The molecule has 0 aliphatic carbocycles. The highest BCUT2D eigenvalue weighted by Gasteiger charge is 2.29. The Kier molecular flexibility index (Phi) is 12.1. The lowest BCUT2D eigenvalue weighted by molar-refractivity contribution is 0.305. The van der Waals surface area contributed by atoms with Crippen molar-refractivity contribution in [1.82, 2.24) is 0 Å². The van der Waals surface area contributed by atoms with Crippen LogP contribution in [0.2, 0.25) is 0 Å². The maximum absolute atomic E-state index is 6.95. The van der Waals surface area contributed by atoms with Gasteiger partial charge in [-0.1, -0.05) is 107 Å². The summed E-state index contributed by atoms with van der Waals surface area (Å²) in [4.78, 5) is 0. The molecule has 8 heteroatoms. The van der Waals surface area contributed by atoms with E-state index in [2.05, 4.69) is 163 Å². The highest BCUT2D eigenvalue weighted by Crippen LogP contribution is 2.47. The molecule has 2 aromatic heterocycles. The Hall–Kier alpha value is -3.40. The van der Waals surface area contributed by atoms with Gasteiger partial charge >= 0.3 is 16.5 Å². The minimum Gasteiger partial charge on any atom is -0.399 e. The molecule has 59 heavy (non-hydrogen) atoms. The Morgan fingerprint density at radius 3 is 0.763 bits per heavy atom. The van der Waals surface area contributed by atoms with Crippen molar-refractivity contribution in [3.05, 3.63) is 91.0 Å². The highest BCUT2D eigenvalue weighted by molar-refractivity contribution is 7.32. The van der Waals surface area contributed by atoms with Crippen LogP contribution in [0.1, 0.15) is 156 Å². The molecule has 6 aromatic rings. The summed E-state index contributed by atoms with van der Waals surface area (Å²) < 4.78 is 41.1. The van der Waals surface area contributed by atoms with Crippen molar-refractivity contribution in [1.29, 1.82) is 0 Å². The van der Waals surface area contributed by atoms with Crippen LogP contribution in [-0.2, 0) is 21.7 Å². The molecule has 0 unspecified atom stereocenters. The quantitative estimate of drug-likeness (QED) is 0.156. The van der Waals surface area contributed by atoms with Crippen LogP contribution in [0, 0.1) is 55.4 Å². The summed E-state index contributed by atoms with van der Waals surface area (Å²) in [5.41, 5.74) is 17.1. The van der Waals surface area contributed by atoms with E-state index in [-0.39, 0.29) is 21.7 Å². The first-order valence-corrected chi connectivity index (χ1v) is 23.5. The standard InChI is InChI=1S/C51H70O6P2/c1-28-24-36(48(9,10)11)44-40(32(28)5)41-33(6)29(2)25-37(49(12,13)14)45(41)55-58(54-44)52-22-21-23-53-59-56-46-38(50(15,16)17)26-30(3)34(7)42(46)43-35(8)31(4)27-39(47(43)57-59)51(18,19)20/h24-27H,21-23H2,1-20H3. The molecule has 4 aromatic carbocycles. The fraction of sp³-hybridized carbons (Fsp3) is 0.529. The van der Waals surface area contributed by atoms with E-state index in [1.54, 1.807) is 0 Å². The lowest BCUT2D eigenvalue weighted by Crippen LogP contribution is -2.13. The molecular weight excluding hydrogens is 771 g/mol. The molecule has 0 bridgehead atoms. The fourth-order valence-corrected chi connectivity index (χ4v) is 10.4. The summed E-state index contributed by atoms with van der Waals surface area (Å²) in [5, 5.41) is 4.44. The molecule has 0 aliphatic heterocycles. The van der Waals surface area contributed by atoms with Gasteiger partial charge in [0.25, 0.3) is 0 Å². The first-order valence-electron chi connectivity index (χ1n) is 21.3. The third-order valence-electron chi connectivity index (χ3n) is 12.3. The summed E-state index contributed by atoms with van der Waals surface area (Å²) in [5.74, 6) is 0. The molecule has 2 heterocycles. The number of hydrogen-bond acceptors (Lipinski definition) is 6. The van der Waals surface area contributed by atoms with Crippen molar-refractivity contribution in [3.63, 3.8) is 0 Å². The van der Waals surface area contributed by atoms with Crippen LogP contribution in [0.25, 0.3) is 43.9 Å². The zero-order valence-electron chi connectivity index (χ0n) is 39.8. The summed E-state index contributed by atoms with van der Waals surface area (Å²) in [6.45, 7) is 45.3. The van der Waals surface area contributed by atoms with Crippen molar-refractivity contribution in [2.45, 2.75) is 167 Å². The minimum atomic E-state index is -1.81. The van der Waals surface area contributed by atoms with Gasteiger partial charge in [-0.25, -0.2) is 0 Å². The van der Waals surface area contributed by atoms with E-state index in [0.717, 1.165) is 66.1 Å². The van der Waals surface area contributed by atoms with Gasteiger partial charge in [0.15, 0.2) is 0 Å². The molecule has 320 valence electrons. The van der Waals surface area contributed by atoms with Crippen LogP contribution >= 0.6 is 16.5 Å². The van der Waals surface area contributed by atoms with E-state index < -0.39 is 16.5 Å². The minimum absolute atomic E-state index is 0.168. The van der Waals surface area contributed by atoms with Crippen LogP contribution in [-0.4, -0.2) is 13.2 Å². The van der Waals surface area contributed by atoms with E-state index in [1.165, 1.54) is 44.5 Å². The van der Waals surface area contributed by atoms with Gasteiger partial charge in [-0.05, 0) is 128 Å². The van der Waals surface area contributed by atoms with Crippen molar-refractivity contribution >= 4 is 60.4 Å². The van der Waals surface area contributed by atoms with Crippen molar-refractivity contribution in [2.75, 3.05) is 13.2 Å². The van der Waals surface area contributed by atoms with E-state index in [1.807, 2.05) is 0 Å². The van der Waals surface area contributed by atoms with Gasteiger partial charge in [0.1, 0.15) is 22.3 Å². The number of rotatable bonds is 6. The van der Waals surface area contributed by atoms with Gasteiger partial charge in [-0.3, -0.25) is 9.05 Å². The molecule has 0 N–H and O–H groups in total. The summed E-state index contributed by atoms with van der Waals surface area (Å²) in [6, 6.07) is 9.12. The number of fused-ring (bicyclic) bond motifs is 6. The van der Waals surface area contributed by atoms with Crippen LogP contribution in [0.15, 0.2) is 41.1 Å². The van der Waals surface area contributed by atoms with Crippen molar-refractivity contribution in [3.8, 4) is 0 Å². The average molecular weight is 841 g/mol. The van der Waals surface area contributed by atoms with Gasteiger partial charge < -0.3 is 16.8 Å². The lowest BCUT2D eigenvalue weighted by Gasteiger charge is -2.23. The van der Waals surface area contributed by atoms with Crippen molar-refractivity contribution in [2.24, 2.45) is 0 Å². The zero-order valence-corrected chi connectivity index (χ0v) is 41.6. The monoisotopic (exact) mass is 840 g/mol. The van der Waals surface area contributed by atoms with E-state index in [0.29, 0.717) is 19.6 Å². The van der Waals surface area contributed by atoms with E-state index in [9.17, 15) is 0 Å². The highest BCUT2D eigenvalue weighted by atomic mass is 31.1. The molecule has 0 spiro atoms. The molecule has 0 aliphatic rings. The van der Waals surface area contributed by atoms with Gasteiger partial charge in [-0.2, -0.15) is 0 Å². The summed E-state index contributed by atoms with van der Waals surface area (Å²) in [6.07, 6.45) is 0.590. The zero-order chi connectivity index (χ0) is 43.9. The molecule has 0 atom stereocenters. The molecule has 6 rings (SSSR count). The molecular formula is C51H70O6P2. The Bertz CT molecular complexity index is 2340. The third kappa shape index (κ3) is 8.59. The maximum atomic E-state index is 6.95. The predicted molar refractivity (Wildman–Crippen MR) is 253 cm³/mol. The van der Waals surface area contributed by atoms with Gasteiger partial charge in [0, 0.05) is 43.8 Å². The molecule has 0 saturated carbocycles. The van der Waals surface area contributed by atoms with Crippen LogP contribution in [0.4, 0.5) is 0 Å². The number of hydrogen-bond donors (Lipinski definition) is 0. The fourth-order valence-electron chi connectivity index (χ4n) is 8.16. The Labute approximate surface area is 355 Å². The second kappa shape index (κ2) is 15.8. The van der Waals surface area contributed by atoms with Crippen LogP contribution < -0.4 is 9.05 Å². The lowest BCUT2D eigenvalue weighted by atomic mass is 9.81. The average Bonchev–Trinajstić information content (AvgIpc) is 3.38. The van der Waals surface area contributed by atoms with Crippen LogP contribution in [0.3, 0.4) is 0 Å². The SMILES string of the molecule is Cc1cc(C(C)(C)C)c2op(OCCCOp3oc4c(C(C)(C)C)cc(C)c(C)c4c4c(C)c(C)cc(C(C)(C)C)c4o3)oc3c(C(C)(C)C)cc(C)c(C)c3c2c1C. The number of aryl methyl sites for hydroxylation is 8. The number of benzene rings is 4. The van der Waals surface area contributed by atoms with Crippen LogP contribution in [0.5, 0.6) is 0 Å². The Morgan fingerprint density at radius 2 is 0.576 bits per heavy atom. The maximum Gasteiger partial charge on any atom is 0.387 e. The van der Waals surface area contributed by atoms with Gasteiger partial charge in [0.05, 0.1) is 13.2 Å². The first-order chi connectivity index (χ1) is 27.1. The Balaban J connectivity index is 1.47. The largest absolute Gasteiger partial charge is 0.399 e. The van der Waals surface area contributed by atoms with Gasteiger partial charge in [-0.15, -0.1) is 0 Å². The smallest absolute Gasteiger partial charge is 0.387 e. The van der Waals surface area contributed by atoms with Gasteiger partial charge in [0.2, 0.25) is 0 Å².